The number of aromatic hydroxyl groups is 1. The fourth-order valence-corrected chi connectivity index (χ4v) is 2.49. The van der Waals surface area contributed by atoms with Crippen molar-refractivity contribution in [2.24, 2.45) is 5.41 Å². The maximum Gasteiger partial charge on any atom is 0.347 e. The van der Waals surface area contributed by atoms with Crippen molar-refractivity contribution in [2.45, 2.75) is 47.6 Å². The van der Waals surface area contributed by atoms with Crippen LogP contribution in [0.25, 0.3) is 10.9 Å². The topological polar surface area (TPSA) is 81.4 Å². The smallest absolute Gasteiger partial charge is 0.347 e. The fourth-order valence-electron chi connectivity index (χ4n) is 2.49. The van der Waals surface area contributed by atoms with E-state index in [1.54, 1.807) is 13.0 Å². The Hall–Kier alpha value is -2.37. The molecule has 2 rings (SSSR count). The molecule has 0 atom stereocenters. The number of esters is 1. The summed E-state index contributed by atoms with van der Waals surface area (Å²) in [4.78, 5) is 29.1. The maximum absolute atomic E-state index is 12.8. The number of hydrogen-bond acceptors (Lipinski definition) is 5. The Morgan fingerprint density at radius 1 is 1.38 bits per heavy atom. The Morgan fingerprint density at radius 2 is 2.04 bits per heavy atom. The number of pyridine rings is 2. The molecule has 0 fully saturated rings. The van der Waals surface area contributed by atoms with E-state index >= 15 is 0 Å². The molecule has 0 saturated heterocycles. The van der Waals surface area contributed by atoms with Crippen molar-refractivity contribution < 1.29 is 14.6 Å². The largest absolute Gasteiger partial charge is 0.506 e. The lowest BCUT2D eigenvalue weighted by atomic mass is 9.92. The number of aromatic nitrogens is 2. The summed E-state index contributed by atoms with van der Waals surface area (Å²) < 4.78 is 6.46. The van der Waals surface area contributed by atoms with Crippen LogP contribution in [-0.2, 0) is 11.3 Å². The van der Waals surface area contributed by atoms with E-state index in [0.717, 1.165) is 12.1 Å². The van der Waals surface area contributed by atoms with Crippen molar-refractivity contribution in [2.75, 3.05) is 6.61 Å². The van der Waals surface area contributed by atoms with Gasteiger partial charge in [-0.1, -0.05) is 20.8 Å². The molecule has 0 radical (unpaired) electrons. The molecule has 130 valence electrons. The molecule has 0 spiro atoms. The summed E-state index contributed by atoms with van der Waals surface area (Å²) in [6.07, 6.45) is 2.23. The zero-order valence-electron chi connectivity index (χ0n) is 14.8. The lowest BCUT2D eigenvalue weighted by molar-refractivity contribution is 0.0520. The second-order valence-corrected chi connectivity index (χ2v) is 7.05. The summed E-state index contributed by atoms with van der Waals surface area (Å²) in [6, 6.07) is 1.74. The van der Waals surface area contributed by atoms with E-state index in [0.29, 0.717) is 17.4 Å². The minimum atomic E-state index is -0.813. The van der Waals surface area contributed by atoms with Gasteiger partial charge in [0.2, 0.25) is 0 Å². The van der Waals surface area contributed by atoms with Gasteiger partial charge < -0.3 is 14.4 Å². The highest BCUT2D eigenvalue weighted by molar-refractivity contribution is 5.99. The van der Waals surface area contributed by atoms with Gasteiger partial charge in [0.1, 0.15) is 5.75 Å². The lowest BCUT2D eigenvalue weighted by Gasteiger charge is -2.20. The van der Waals surface area contributed by atoms with E-state index in [2.05, 4.69) is 25.8 Å². The van der Waals surface area contributed by atoms with Gasteiger partial charge in [0.15, 0.2) is 5.56 Å². The van der Waals surface area contributed by atoms with Gasteiger partial charge in [-0.2, -0.15) is 0 Å². The third kappa shape index (κ3) is 3.58. The summed E-state index contributed by atoms with van der Waals surface area (Å²) in [5.41, 5.74) is 0.463. The molecule has 0 amide bonds. The minimum absolute atomic E-state index is 0.0236. The number of hydrogen-bond donors (Lipinski definition) is 1. The first-order chi connectivity index (χ1) is 11.2. The number of nitrogens with zero attached hydrogens (tertiary/aromatic N) is 2. The molecule has 0 unspecified atom stereocenters. The summed E-state index contributed by atoms with van der Waals surface area (Å²) in [7, 11) is 0. The van der Waals surface area contributed by atoms with Crippen LogP contribution in [-0.4, -0.2) is 27.2 Å². The van der Waals surface area contributed by atoms with Gasteiger partial charge in [0.25, 0.3) is 5.56 Å². The van der Waals surface area contributed by atoms with Gasteiger partial charge in [0, 0.05) is 18.4 Å². The first kappa shape index (κ1) is 18.0. The zero-order valence-corrected chi connectivity index (χ0v) is 14.8. The third-order valence-electron chi connectivity index (χ3n) is 3.83. The van der Waals surface area contributed by atoms with Crippen LogP contribution in [0.3, 0.4) is 0 Å². The summed E-state index contributed by atoms with van der Waals surface area (Å²) in [5.74, 6) is -1.18. The van der Waals surface area contributed by atoms with Crippen molar-refractivity contribution in [1.29, 1.82) is 0 Å². The molecule has 0 aliphatic carbocycles. The molecule has 2 heterocycles. The minimum Gasteiger partial charge on any atom is -0.506 e. The van der Waals surface area contributed by atoms with Gasteiger partial charge in [-0.05, 0) is 31.7 Å². The molecule has 6 nitrogen and oxygen atoms in total. The molecule has 0 bridgehead atoms. The maximum atomic E-state index is 12.8. The highest BCUT2D eigenvalue weighted by Crippen LogP contribution is 2.28. The van der Waals surface area contributed by atoms with E-state index in [1.807, 2.05) is 6.92 Å². The Balaban J connectivity index is 2.74. The highest BCUT2D eigenvalue weighted by atomic mass is 16.5. The standard InChI is InChI=1S/C18H24N2O4/c1-6-24-17(23)14-15(21)12-10-19-11(2)9-13(12)20(16(14)22)8-7-18(3,4)5/h9-10,21H,6-8H2,1-5H3. The van der Waals surface area contributed by atoms with Crippen molar-refractivity contribution in [3.8, 4) is 5.75 Å². The Bertz CT molecular complexity index is 831. The van der Waals surface area contributed by atoms with Crippen molar-refractivity contribution in [1.82, 2.24) is 9.55 Å². The van der Waals surface area contributed by atoms with Crippen molar-refractivity contribution >= 4 is 16.9 Å². The van der Waals surface area contributed by atoms with Gasteiger partial charge in [-0.25, -0.2) is 4.79 Å². The summed E-state index contributed by atoms with van der Waals surface area (Å²) in [5, 5.41) is 10.8. The van der Waals surface area contributed by atoms with E-state index < -0.39 is 11.5 Å². The normalized spacial score (nSPS) is 11.7. The van der Waals surface area contributed by atoms with Crippen LogP contribution in [0, 0.1) is 12.3 Å². The fraction of sp³-hybridized carbons (Fsp3) is 0.500. The Labute approximate surface area is 141 Å². The van der Waals surface area contributed by atoms with Crippen LogP contribution >= 0.6 is 0 Å². The van der Waals surface area contributed by atoms with E-state index in [4.69, 9.17) is 4.74 Å². The van der Waals surface area contributed by atoms with Gasteiger partial charge in [0.05, 0.1) is 17.5 Å². The first-order valence-corrected chi connectivity index (χ1v) is 8.05. The number of fused-ring (bicyclic) bond motifs is 1. The van der Waals surface area contributed by atoms with Crippen molar-refractivity contribution in [3.63, 3.8) is 0 Å². The molecule has 2 aromatic rings. The van der Waals surface area contributed by atoms with Crippen LogP contribution in [0.2, 0.25) is 0 Å². The van der Waals surface area contributed by atoms with E-state index in [1.165, 1.54) is 10.8 Å². The number of ether oxygens (including phenoxy) is 1. The lowest BCUT2D eigenvalue weighted by Crippen LogP contribution is -2.29. The van der Waals surface area contributed by atoms with Crippen LogP contribution in [0.1, 0.15) is 50.2 Å². The van der Waals surface area contributed by atoms with Crippen LogP contribution in [0.5, 0.6) is 5.75 Å². The number of aryl methyl sites for hydroxylation is 2. The number of carbonyl (C=O) groups excluding carboxylic acids is 1. The summed E-state index contributed by atoms with van der Waals surface area (Å²) in [6.45, 7) is 10.3. The molecule has 0 aliphatic heterocycles. The quantitative estimate of drug-likeness (QED) is 0.870. The average Bonchev–Trinajstić information content (AvgIpc) is 2.46. The second-order valence-electron chi connectivity index (χ2n) is 7.05. The molecule has 6 heteroatoms. The monoisotopic (exact) mass is 332 g/mol. The molecular formula is C18H24N2O4. The predicted octanol–water partition coefficient (Wildman–Crippen LogP) is 3.02. The van der Waals surface area contributed by atoms with Crippen molar-refractivity contribution in [3.05, 3.63) is 33.9 Å². The Morgan fingerprint density at radius 3 is 2.62 bits per heavy atom. The molecular weight excluding hydrogens is 308 g/mol. The number of carbonyl (C=O) groups is 1. The van der Waals surface area contributed by atoms with Gasteiger partial charge in [-0.15, -0.1) is 0 Å². The molecule has 0 aliphatic rings. The highest BCUT2D eigenvalue weighted by Gasteiger charge is 2.24. The molecule has 0 saturated carbocycles. The SMILES string of the molecule is CCOC(=O)c1c(O)c2cnc(C)cc2n(CCC(C)(C)C)c1=O. The predicted molar refractivity (Wildman–Crippen MR) is 92.4 cm³/mol. The van der Waals surface area contributed by atoms with Gasteiger partial charge in [-0.3, -0.25) is 9.78 Å². The molecule has 2 aromatic heterocycles. The Kier molecular flexibility index (Phi) is 4.96. The van der Waals surface area contributed by atoms with E-state index in [9.17, 15) is 14.7 Å². The summed E-state index contributed by atoms with van der Waals surface area (Å²) >= 11 is 0. The third-order valence-corrected chi connectivity index (χ3v) is 3.83. The first-order valence-electron chi connectivity index (χ1n) is 8.05. The molecule has 0 aromatic carbocycles. The van der Waals surface area contributed by atoms with Crippen LogP contribution < -0.4 is 5.56 Å². The zero-order chi connectivity index (χ0) is 18.1. The van der Waals surface area contributed by atoms with E-state index in [-0.39, 0.29) is 23.3 Å². The molecule has 1 N–H and O–H groups in total. The average molecular weight is 332 g/mol. The van der Waals surface area contributed by atoms with Crippen LogP contribution in [0.4, 0.5) is 0 Å². The number of rotatable bonds is 4. The second kappa shape index (κ2) is 6.63. The van der Waals surface area contributed by atoms with Crippen LogP contribution in [0.15, 0.2) is 17.1 Å². The molecule has 24 heavy (non-hydrogen) atoms. The van der Waals surface area contributed by atoms with Gasteiger partial charge >= 0.3 is 5.97 Å².